The second-order valence-electron chi connectivity index (χ2n) is 9.06. The molecule has 0 radical (unpaired) electrons. The van der Waals surface area contributed by atoms with Crippen LogP contribution in [0.2, 0.25) is 0 Å². The van der Waals surface area contributed by atoms with Crippen molar-refractivity contribution in [2.75, 3.05) is 6.54 Å². The van der Waals surface area contributed by atoms with Crippen molar-refractivity contribution in [2.24, 2.45) is 0 Å². The first-order valence-electron chi connectivity index (χ1n) is 11.5. The Labute approximate surface area is 204 Å². The monoisotopic (exact) mass is 501 g/mol. The highest BCUT2D eigenvalue weighted by atomic mass is 19.3. The summed E-state index contributed by atoms with van der Waals surface area (Å²) in [5.41, 5.74) is 2.29. The molecule has 3 aromatic rings. The maximum atomic E-state index is 13.7. The molecule has 2 heterocycles. The minimum absolute atomic E-state index is 0.0157. The standard InChI is InChI=1S/C26H23F4N3O3/c1-16-31-20-15-32(24(35)36-21-14-25(27,28)26(21,29)30)13-12-19(20)23(34)33(16)22(17-8-4-2-5-9-17)18-10-6-3-7-11-18/h2-11,21-22H,12-15H2,1H3. The molecule has 2 aromatic carbocycles. The Bertz CT molecular complexity index is 1310. The number of carbonyl (C=O) groups is 1. The van der Waals surface area contributed by atoms with Gasteiger partial charge < -0.3 is 9.64 Å². The van der Waals surface area contributed by atoms with Gasteiger partial charge in [-0.1, -0.05) is 60.7 Å². The van der Waals surface area contributed by atoms with E-state index in [0.717, 1.165) is 16.0 Å². The number of halogens is 4. The minimum atomic E-state index is -4.40. The van der Waals surface area contributed by atoms with E-state index in [9.17, 15) is 27.2 Å². The fourth-order valence-electron chi connectivity index (χ4n) is 4.76. The number of fused-ring (bicyclic) bond motifs is 1. The van der Waals surface area contributed by atoms with E-state index in [1.165, 1.54) is 0 Å². The molecule has 5 rings (SSSR count). The maximum absolute atomic E-state index is 13.7. The van der Waals surface area contributed by atoms with Crippen molar-refractivity contribution in [3.63, 3.8) is 0 Å². The van der Waals surface area contributed by atoms with Crippen molar-refractivity contribution in [3.05, 3.63) is 99.2 Å². The van der Waals surface area contributed by atoms with Crippen molar-refractivity contribution >= 4 is 6.09 Å². The van der Waals surface area contributed by atoms with Crippen molar-refractivity contribution in [1.82, 2.24) is 14.5 Å². The van der Waals surface area contributed by atoms with Crippen LogP contribution < -0.4 is 5.56 Å². The van der Waals surface area contributed by atoms with Gasteiger partial charge in [-0.2, -0.15) is 17.6 Å². The molecule has 1 aliphatic carbocycles. The molecule has 2 aliphatic rings. The van der Waals surface area contributed by atoms with Gasteiger partial charge in [-0.15, -0.1) is 0 Å². The topological polar surface area (TPSA) is 64.4 Å². The third-order valence-electron chi connectivity index (χ3n) is 6.77. The Morgan fingerprint density at radius 1 is 1.03 bits per heavy atom. The number of hydrogen-bond donors (Lipinski definition) is 0. The molecule has 1 aliphatic heterocycles. The van der Waals surface area contributed by atoms with Gasteiger partial charge in [0.1, 0.15) is 5.82 Å². The normalized spacial score (nSPS) is 19.9. The van der Waals surface area contributed by atoms with E-state index >= 15 is 0 Å². The van der Waals surface area contributed by atoms with Gasteiger partial charge in [0.15, 0.2) is 6.10 Å². The summed E-state index contributed by atoms with van der Waals surface area (Å²) >= 11 is 0. The zero-order valence-corrected chi connectivity index (χ0v) is 19.3. The largest absolute Gasteiger partial charge is 0.439 e. The number of alkyl halides is 4. The number of ether oxygens (including phenoxy) is 1. The van der Waals surface area contributed by atoms with E-state index in [-0.39, 0.29) is 25.1 Å². The van der Waals surface area contributed by atoms with Crippen molar-refractivity contribution in [3.8, 4) is 0 Å². The van der Waals surface area contributed by atoms with Crippen molar-refractivity contribution in [2.45, 2.75) is 50.3 Å². The van der Waals surface area contributed by atoms with Gasteiger partial charge in [-0.3, -0.25) is 9.36 Å². The predicted molar refractivity (Wildman–Crippen MR) is 122 cm³/mol. The summed E-state index contributed by atoms with van der Waals surface area (Å²) in [6, 6.07) is 18.6. The predicted octanol–water partition coefficient (Wildman–Crippen LogP) is 4.73. The SMILES string of the molecule is Cc1nc2c(c(=O)n1C(c1ccccc1)c1ccccc1)CCN(C(=O)OC1CC(F)(F)C1(F)F)C2. The molecule has 1 amide bonds. The van der Waals surface area contributed by atoms with Gasteiger partial charge in [0.05, 0.1) is 24.7 Å². The maximum Gasteiger partial charge on any atom is 0.410 e. The second kappa shape index (κ2) is 8.76. The Morgan fingerprint density at radius 3 is 2.14 bits per heavy atom. The fraction of sp³-hybridized carbons (Fsp3) is 0.346. The molecule has 1 aromatic heterocycles. The van der Waals surface area contributed by atoms with E-state index in [0.29, 0.717) is 17.1 Å². The molecule has 10 heteroatoms. The molecule has 0 N–H and O–H groups in total. The first kappa shape index (κ1) is 24.0. The lowest BCUT2D eigenvalue weighted by atomic mass is 9.85. The highest BCUT2D eigenvalue weighted by molar-refractivity contribution is 5.68. The zero-order valence-electron chi connectivity index (χ0n) is 19.3. The van der Waals surface area contributed by atoms with Crippen LogP contribution in [0.15, 0.2) is 65.5 Å². The fourth-order valence-corrected chi connectivity index (χ4v) is 4.76. The van der Waals surface area contributed by atoms with E-state index in [1.54, 1.807) is 11.5 Å². The lowest BCUT2D eigenvalue weighted by Crippen LogP contribution is -2.64. The molecular formula is C26H23F4N3O3. The molecule has 0 bridgehead atoms. The van der Waals surface area contributed by atoms with E-state index in [2.05, 4.69) is 9.72 Å². The molecule has 1 fully saturated rings. The third kappa shape index (κ3) is 3.94. The van der Waals surface area contributed by atoms with Gasteiger partial charge in [-0.25, -0.2) is 9.78 Å². The zero-order chi connectivity index (χ0) is 25.7. The van der Waals surface area contributed by atoms with Crippen LogP contribution >= 0.6 is 0 Å². The number of aryl methyl sites for hydroxylation is 1. The van der Waals surface area contributed by atoms with Gasteiger partial charge in [0, 0.05) is 12.1 Å². The number of amides is 1. The van der Waals surface area contributed by atoms with Gasteiger partial charge in [0.2, 0.25) is 0 Å². The number of hydrogen-bond acceptors (Lipinski definition) is 4. The molecule has 188 valence electrons. The minimum Gasteiger partial charge on any atom is -0.439 e. The highest BCUT2D eigenvalue weighted by Gasteiger charge is 2.74. The third-order valence-corrected chi connectivity index (χ3v) is 6.77. The van der Waals surface area contributed by atoms with Crippen LogP contribution in [0.1, 0.15) is 40.7 Å². The van der Waals surface area contributed by atoms with Crippen LogP contribution in [0.25, 0.3) is 0 Å². The first-order chi connectivity index (χ1) is 17.1. The van der Waals surface area contributed by atoms with Gasteiger partial charge >= 0.3 is 17.9 Å². The second-order valence-corrected chi connectivity index (χ2v) is 9.06. The first-order valence-corrected chi connectivity index (χ1v) is 11.5. The van der Waals surface area contributed by atoms with E-state index in [4.69, 9.17) is 0 Å². The summed E-state index contributed by atoms with van der Waals surface area (Å²) < 4.78 is 59.6. The van der Waals surface area contributed by atoms with Crippen LogP contribution in [0.4, 0.5) is 22.4 Å². The van der Waals surface area contributed by atoms with Gasteiger partial charge in [-0.05, 0) is 24.5 Å². The average molecular weight is 501 g/mol. The number of rotatable bonds is 4. The Balaban J connectivity index is 1.44. The average Bonchev–Trinajstić information content (AvgIpc) is 2.86. The molecule has 36 heavy (non-hydrogen) atoms. The molecule has 1 saturated carbocycles. The number of nitrogens with zero attached hydrogens (tertiary/aromatic N) is 3. The summed E-state index contributed by atoms with van der Waals surface area (Å²) in [6.07, 6.45) is -4.40. The summed E-state index contributed by atoms with van der Waals surface area (Å²) in [7, 11) is 0. The van der Waals surface area contributed by atoms with E-state index in [1.807, 2.05) is 60.7 Å². The highest BCUT2D eigenvalue weighted by Crippen LogP contribution is 2.52. The Kier molecular flexibility index (Phi) is 5.84. The van der Waals surface area contributed by atoms with Crippen LogP contribution in [0.3, 0.4) is 0 Å². The van der Waals surface area contributed by atoms with E-state index < -0.39 is 36.5 Å². The molecule has 0 spiro atoms. The quantitative estimate of drug-likeness (QED) is 0.485. The lowest BCUT2D eigenvalue weighted by molar-refractivity contribution is -0.330. The van der Waals surface area contributed by atoms with Crippen LogP contribution in [-0.2, 0) is 17.7 Å². The molecule has 0 saturated heterocycles. The molecule has 1 atom stereocenters. The van der Waals surface area contributed by atoms with Crippen LogP contribution in [-0.4, -0.2) is 45.0 Å². The van der Waals surface area contributed by atoms with Gasteiger partial charge in [0.25, 0.3) is 5.56 Å². The number of carbonyl (C=O) groups excluding carboxylic acids is 1. The number of aromatic nitrogens is 2. The van der Waals surface area contributed by atoms with Crippen LogP contribution in [0, 0.1) is 6.92 Å². The van der Waals surface area contributed by atoms with Crippen LogP contribution in [0.5, 0.6) is 0 Å². The Morgan fingerprint density at radius 2 is 1.61 bits per heavy atom. The summed E-state index contributed by atoms with van der Waals surface area (Å²) in [5.74, 6) is -8.18. The summed E-state index contributed by atoms with van der Waals surface area (Å²) in [4.78, 5) is 31.8. The lowest BCUT2D eigenvalue weighted by Gasteiger charge is -2.43. The number of benzene rings is 2. The summed E-state index contributed by atoms with van der Waals surface area (Å²) in [5, 5.41) is 0. The Hall–Kier alpha value is -3.69. The van der Waals surface area contributed by atoms with Crippen molar-refractivity contribution < 1.29 is 27.1 Å². The summed E-state index contributed by atoms with van der Waals surface area (Å²) in [6.45, 7) is 1.57. The molecule has 1 unspecified atom stereocenters. The smallest absolute Gasteiger partial charge is 0.410 e. The molecular weight excluding hydrogens is 478 g/mol. The molecule has 6 nitrogen and oxygen atoms in total. The van der Waals surface area contributed by atoms with Crippen molar-refractivity contribution in [1.29, 1.82) is 0 Å².